The van der Waals surface area contributed by atoms with E-state index in [0.29, 0.717) is 0 Å². The van der Waals surface area contributed by atoms with Crippen molar-refractivity contribution in [3.8, 4) is 6.07 Å². The third-order valence-electron chi connectivity index (χ3n) is 5.81. The summed E-state index contributed by atoms with van der Waals surface area (Å²) in [4.78, 5) is 12.7. The Hall–Kier alpha value is -3.32. The number of nitrogens with zero attached hydrogens (tertiary/aromatic N) is 2. The van der Waals surface area contributed by atoms with Crippen molar-refractivity contribution in [2.24, 2.45) is 0 Å². The van der Waals surface area contributed by atoms with Gasteiger partial charge in [0.1, 0.15) is 11.6 Å². The monoisotopic (exact) mass is 383 g/mol. The van der Waals surface area contributed by atoms with Crippen LogP contribution in [-0.4, -0.2) is 16.5 Å². The number of hydrogen-bond donors (Lipinski definition) is 1. The van der Waals surface area contributed by atoms with Crippen LogP contribution in [-0.2, 0) is 11.3 Å². The first-order valence-electron chi connectivity index (χ1n) is 10.2. The summed E-state index contributed by atoms with van der Waals surface area (Å²) >= 11 is 0. The third kappa shape index (κ3) is 3.95. The van der Waals surface area contributed by atoms with Crippen LogP contribution < -0.4 is 5.32 Å². The molecule has 4 nitrogen and oxygen atoms in total. The fourth-order valence-electron chi connectivity index (χ4n) is 4.24. The van der Waals surface area contributed by atoms with Crippen LogP contribution in [0.2, 0.25) is 0 Å². The van der Waals surface area contributed by atoms with Gasteiger partial charge in [0.15, 0.2) is 0 Å². The van der Waals surface area contributed by atoms with E-state index in [0.717, 1.165) is 54.4 Å². The molecule has 0 spiro atoms. The molecule has 0 aliphatic heterocycles. The molecule has 4 heteroatoms. The summed E-state index contributed by atoms with van der Waals surface area (Å²) in [5.41, 5.74) is 4.48. The molecule has 146 valence electrons. The molecule has 1 aliphatic carbocycles. The largest absolute Gasteiger partial charge is 0.349 e. The Morgan fingerprint density at radius 1 is 1.14 bits per heavy atom. The zero-order chi connectivity index (χ0) is 20.2. The minimum absolute atomic E-state index is 0.169. The Morgan fingerprint density at radius 3 is 2.55 bits per heavy atom. The second-order valence-electron chi connectivity index (χ2n) is 7.71. The molecule has 3 aromatic rings. The number of carbonyl (C=O) groups excluding carboxylic acids is 1. The number of fused-ring (bicyclic) bond motifs is 1. The molecule has 2 aromatic carbocycles. The van der Waals surface area contributed by atoms with Crippen LogP contribution in [0.25, 0.3) is 17.0 Å². The normalized spacial score (nSPS) is 14.8. The third-order valence-corrected chi connectivity index (χ3v) is 5.81. The number of aromatic nitrogens is 1. The topological polar surface area (TPSA) is 57.8 Å². The van der Waals surface area contributed by atoms with Gasteiger partial charge in [-0.25, -0.2) is 0 Å². The van der Waals surface area contributed by atoms with E-state index in [2.05, 4.69) is 47.1 Å². The summed E-state index contributed by atoms with van der Waals surface area (Å²) in [5.74, 6) is -0.265. The van der Waals surface area contributed by atoms with E-state index in [1.54, 1.807) is 6.08 Å². The highest BCUT2D eigenvalue weighted by molar-refractivity contribution is 6.04. The molecule has 0 bridgehead atoms. The lowest BCUT2D eigenvalue weighted by Gasteiger charge is -2.11. The van der Waals surface area contributed by atoms with Gasteiger partial charge in [-0.2, -0.15) is 5.26 Å². The molecule has 1 fully saturated rings. The van der Waals surface area contributed by atoms with Gasteiger partial charge in [-0.3, -0.25) is 4.79 Å². The van der Waals surface area contributed by atoms with E-state index < -0.39 is 0 Å². The van der Waals surface area contributed by atoms with E-state index >= 15 is 0 Å². The van der Waals surface area contributed by atoms with E-state index in [-0.39, 0.29) is 17.5 Å². The Labute approximate surface area is 171 Å². The molecule has 1 saturated carbocycles. The number of nitriles is 1. The van der Waals surface area contributed by atoms with Crippen LogP contribution in [0, 0.1) is 18.3 Å². The maximum absolute atomic E-state index is 12.7. The standard InChI is InChI=1S/C25H25N3O/c1-18-23(15-20(16-26)25(29)27-21-11-5-6-12-21)22-13-7-8-14-24(22)28(18)17-19-9-3-2-4-10-19/h2-4,7-10,13-15,21H,5-6,11-12,17H2,1H3,(H,27,29)/b20-15-. The molecule has 1 aliphatic rings. The summed E-state index contributed by atoms with van der Waals surface area (Å²) in [6.07, 6.45) is 6.04. The number of nitrogens with one attached hydrogen (secondary N) is 1. The van der Waals surface area contributed by atoms with Gasteiger partial charge in [0.2, 0.25) is 0 Å². The first-order chi connectivity index (χ1) is 14.2. The minimum atomic E-state index is -0.265. The molecule has 0 radical (unpaired) electrons. The average molecular weight is 383 g/mol. The van der Waals surface area contributed by atoms with Crippen molar-refractivity contribution < 1.29 is 4.79 Å². The highest BCUT2D eigenvalue weighted by atomic mass is 16.1. The van der Waals surface area contributed by atoms with Crippen LogP contribution in [0.5, 0.6) is 0 Å². The number of hydrogen-bond acceptors (Lipinski definition) is 2. The summed E-state index contributed by atoms with van der Waals surface area (Å²) in [7, 11) is 0. The van der Waals surface area contributed by atoms with Crippen LogP contribution >= 0.6 is 0 Å². The van der Waals surface area contributed by atoms with Crippen LogP contribution in [0.4, 0.5) is 0 Å². The first kappa shape index (κ1) is 19.0. The van der Waals surface area contributed by atoms with Crippen molar-refractivity contribution in [2.45, 2.75) is 45.2 Å². The molecule has 0 unspecified atom stereocenters. The van der Waals surface area contributed by atoms with Gasteiger partial charge in [0.25, 0.3) is 5.91 Å². The van der Waals surface area contributed by atoms with Crippen LogP contribution in [0.1, 0.15) is 42.5 Å². The Bertz CT molecular complexity index is 1100. The van der Waals surface area contributed by atoms with E-state index in [4.69, 9.17) is 0 Å². The molecule has 1 amide bonds. The fourth-order valence-corrected chi connectivity index (χ4v) is 4.24. The lowest BCUT2D eigenvalue weighted by atomic mass is 10.1. The molecule has 1 aromatic heterocycles. The van der Waals surface area contributed by atoms with Crippen LogP contribution in [0.3, 0.4) is 0 Å². The summed E-state index contributed by atoms with van der Waals surface area (Å²) < 4.78 is 2.25. The predicted octanol–water partition coefficient (Wildman–Crippen LogP) is 4.96. The number of amides is 1. The quantitative estimate of drug-likeness (QED) is 0.500. The van der Waals surface area contributed by atoms with Crippen molar-refractivity contribution in [1.82, 2.24) is 9.88 Å². The van der Waals surface area contributed by atoms with Crippen molar-refractivity contribution in [3.63, 3.8) is 0 Å². The maximum atomic E-state index is 12.7. The molecular formula is C25H25N3O. The first-order valence-corrected chi connectivity index (χ1v) is 10.2. The Balaban J connectivity index is 1.73. The lowest BCUT2D eigenvalue weighted by Crippen LogP contribution is -2.33. The van der Waals surface area contributed by atoms with E-state index in [1.807, 2.05) is 30.3 Å². The van der Waals surface area contributed by atoms with Gasteiger partial charge in [0, 0.05) is 34.7 Å². The fraction of sp³-hybridized carbons (Fsp3) is 0.280. The molecule has 29 heavy (non-hydrogen) atoms. The Morgan fingerprint density at radius 2 is 1.83 bits per heavy atom. The molecule has 1 N–H and O–H groups in total. The van der Waals surface area contributed by atoms with Gasteiger partial charge in [-0.15, -0.1) is 0 Å². The molecule has 4 rings (SSSR count). The minimum Gasteiger partial charge on any atom is -0.349 e. The summed E-state index contributed by atoms with van der Waals surface area (Å²) in [6, 6.07) is 20.8. The van der Waals surface area contributed by atoms with Crippen molar-refractivity contribution in [1.29, 1.82) is 5.26 Å². The van der Waals surface area contributed by atoms with Crippen molar-refractivity contribution >= 4 is 22.9 Å². The molecular weight excluding hydrogens is 358 g/mol. The Kier molecular flexibility index (Phi) is 5.48. The van der Waals surface area contributed by atoms with E-state index in [1.165, 1.54) is 5.56 Å². The smallest absolute Gasteiger partial charge is 0.262 e. The second-order valence-corrected chi connectivity index (χ2v) is 7.71. The van der Waals surface area contributed by atoms with Gasteiger partial charge in [-0.05, 0) is 37.5 Å². The van der Waals surface area contributed by atoms with Gasteiger partial charge >= 0.3 is 0 Å². The van der Waals surface area contributed by atoms with Crippen molar-refractivity contribution in [2.75, 3.05) is 0 Å². The molecule has 0 saturated heterocycles. The highest BCUT2D eigenvalue weighted by Crippen LogP contribution is 2.29. The number of carbonyl (C=O) groups is 1. The number of rotatable bonds is 5. The van der Waals surface area contributed by atoms with Gasteiger partial charge in [-0.1, -0.05) is 61.4 Å². The van der Waals surface area contributed by atoms with Gasteiger partial charge < -0.3 is 9.88 Å². The molecule has 1 heterocycles. The predicted molar refractivity (Wildman–Crippen MR) is 116 cm³/mol. The average Bonchev–Trinajstić information content (AvgIpc) is 3.34. The van der Waals surface area contributed by atoms with Gasteiger partial charge in [0.05, 0.1) is 0 Å². The van der Waals surface area contributed by atoms with Crippen LogP contribution in [0.15, 0.2) is 60.2 Å². The van der Waals surface area contributed by atoms with E-state index in [9.17, 15) is 10.1 Å². The number of benzene rings is 2. The zero-order valence-electron chi connectivity index (χ0n) is 16.7. The summed E-state index contributed by atoms with van der Waals surface area (Å²) in [6.45, 7) is 2.80. The second kappa shape index (κ2) is 8.36. The lowest BCUT2D eigenvalue weighted by molar-refractivity contribution is -0.117. The SMILES string of the molecule is Cc1c(/C=C(/C#N)C(=O)NC2CCCC2)c2ccccc2n1Cc1ccccc1. The summed E-state index contributed by atoms with van der Waals surface area (Å²) in [5, 5.41) is 13.7. The highest BCUT2D eigenvalue weighted by Gasteiger charge is 2.20. The molecule has 0 atom stereocenters. The van der Waals surface area contributed by atoms with Crippen molar-refractivity contribution in [3.05, 3.63) is 77.0 Å². The maximum Gasteiger partial charge on any atom is 0.262 e. The zero-order valence-corrected chi connectivity index (χ0v) is 16.7. The number of para-hydroxylation sites is 1.